The fraction of sp³-hybridized carbons (Fsp3) is 0.500. The first-order chi connectivity index (χ1) is 16.2. The number of nitrogens with two attached hydrogens (primary N) is 1. The van der Waals surface area contributed by atoms with Crippen LogP contribution in [0.3, 0.4) is 0 Å². The molecule has 0 aliphatic carbocycles. The number of benzene rings is 1. The molecule has 0 radical (unpaired) electrons. The van der Waals surface area contributed by atoms with E-state index in [1.807, 2.05) is 21.0 Å². The Labute approximate surface area is 200 Å². The van der Waals surface area contributed by atoms with Crippen LogP contribution in [0.5, 0.6) is 11.5 Å². The lowest BCUT2D eigenvalue weighted by Gasteiger charge is -2.20. The van der Waals surface area contributed by atoms with Crippen molar-refractivity contribution in [1.29, 1.82) is 0 Å². The van der Waals surface area contributed by atoms with Crippen molar-refractivity contribution in [3.8, 4) is 11.5 Å². The molecule has 0 bridgehead atoms. The summed E-state index contributed by atoms with van der Waals surface area (Å²) in [6.45, 7) is 3.85. The number of anilines is 2. The third-order valence-electron chi connectivity index (χ3n) is 4.95. The number of fused-ring (bicyclic) bond motifs is 1. The summed E-state index contributed by atoms with van der Waals surface area (Å²) in [6, 6.07) is 3.52. The molecule has 2 heterocycles. The second-order valence-corrected chi connectivity index (χ2v) is 8.79. The number of hydrogen-bond donors (Lipinski definition) is 2. The highest BCUT2D eigenvalue weighted by atomic mass is 32.1. The minimum atomic E-state index is -4.52. The molecule has 0 saturated heterocycles. The summed E-state index contributed by atoms with van der Waals surface area (Å²) in [5.74, 6) is 1.35. The van der Waals surface area contributed by atoms with Gasteiger partial charge in [-0.15, -0.1) is 11.3 Å². The minimum absolute atomic E-state index is 0.0660. The topological polar surface area (TPSA) is 98.4 Å². The maximum absolute atomic E-state index is 13.0. The molecule has 1 aromatic carbocycles. The third kappa shape index (κ3) is 6.90. The molecular formula is C22H29F3N6O2S. The van der Waals surface area contributed by atoms with Gasteiger partial charge in [-0.3, -0.25) is 0 Å². The molecule has 0 saturated carbocycles. The largest absolute Gasteiger partial charge is 0.493 e. The van der Waals surface area contributed by atoms with Gasteiger partial charge in [-0.1, -0.05) is 6.92 Å². The predicted octanol–water partition coefficient (Wildman–Crippen LogP) is 4.69. The molecule has 0 spiro atoms. The van der Waals surface area contributed by atoms with Gasteiger partial charge < -0.3 is 25.4 Å². The van der Waals surface area contributed by atoms with Gasteiger partial charge >= 0.3 is 6.18 Å². The average Bonchev–Trinajstić information content (AvgIpc) is 3.25. The molecule has 2 aromatic heterocycles. The molecule has 3 rings (SSSR count). The fourth-order valence-electron chi connectivity index (χ4n) is 3.25. The van der Waals surface area contributed by atoms with Crippen molar-refractivity contribution in [2.75, 3.05) is 39.1 Å². The van der Waals surface area contributed by atoms with E-state index in [0.717, 1.165) is 36.1 Å². The highest BCUT2D eigenvalue weighted by Crippen LogP contribution is 2.38. The smallest absolute Gasteiger partial charge is 0.434 e. The van der Waals surface area contributed by atoms with Crippen LogP contribution in [-0.2, 0) is 6.18 Å². The third-order valence-corrected chi connectivity index (χ3v) is 5.71. The van der Waals surface area contributed by atoms with Crippen LogP contribution >= 0.6 is 11.3 Å². The van der Waals surface area contributed by atoms with Crippen LogP contribution in [0.4, 0.5) is 24.1 Å². The number of rotatable bonds is 12. The molecule has 0 fully saturated rings. The van der Waals surface area contributed by atoms with E-state index < -0.39 is 11.9 Å². The van der Waals surface area contributed by atoms with Gasteiger partial charge in [0.2, 0.25) is 0 Å². The van der Waals surface area contributed by atoms with Crippen LogP contribution in [0.2, 0.25) is 0 Å². The van der Waals surface area contributed by atoms with Gasteiger partial charge in [-0.2, -0.15) is 13.2 Å². The van der Waals surface area contributed by atoms with Gasteiger partial charge in [0.05, 0.1) is 23.6 Å². The van der Waals surface area contributed by atoms with Gasteiger partial charge in [-0.05, 0) is 39.9 Å². The van der Waals surface area contributed by atoms with Crippen molar-refractivity contribution in [2.45, 2.75) is 38.5 Å². The minimum Gasteiger partial charge on any atom is -0.493 e. The Hall–Kier alpha value is -2.70. The Bertz CT molecular complexity index is 1080. The van der Waals surface area contributed by atoms with Crippen LogP contribution in [0.1, 0.15) is 31.9 Å². The second-order valence-electron chi connectivity index (χ2n) is 7.93. The van der Waals surface area contributed by atoms with Crippen LogP contribution in [-0.4, -0.2) is 59.7 Å². The number of hydrogen-bond acceptors (Lipinski definition) is 9. The molecule has 1 unspecified atom stereocenters. The lowest BCUT2D eigenvalue weighted by molar-refractivity contribution is -0.140. The highest BCUT2D eigenvalue weighted by molar-refractivity contribution is 7.13. The average molecular weight is 499 g/mol. The number of nitrogens with zero attached hydrogens (tertiary/aromatic N) is 4. The van der Waals surface area contributed by atoms with Crippen molar-refractivity contribution in [2.24, 2.45) is 5.73 Å². The van der Waals surface area contributed by atoms with E-state index in [9.17, 15) is 13.2 Å². The molecule has 34 heavy (non-hydrogen) atoms. The maximum Gasteiger partial charge on any atom is 0.434 e. The van der Waals surface area contributed by atoms with Crippen LogP contribution in [0.15, 0.2) is 23.8 Å². The van der Waals surface area contributed by atoms with Crippen molar-refractivity contribution in [1.82, 2.24) is 19.9 Å². The fourth-order valence-corrected chi connectivity index (χ4v) is 3.96. The van der Waals surface area contributed by atoms with E-state index in [1.165, 1.54) is 6.33 Å². The molecule has 3 N–H and O–H groups in total. The van der Waals surface area contributed by atoms with Crippen molar-refractivity contribution >= 4 is 33.2 Å². The first-order valence-corrected chi connectivity index (χ1v) is 11.8. The monoisotopic (exact) mass is 498 g/mol. The van der Waals surface area contributed by atoms with E-state index in [1.54, 1.807) is 12.1 Å². The molecule has 12 heteroatoms. The normalized spacial score (nSPS) is 12.8. The molecule has 0 amide bonds. The second kappa shape index (κ2) is 11.6. The van der Waals surface area contributed by atoms with E-state index >= 15 is 0 Å². The summed E-state index contributed by atoms with van der Waals surface area (Å²) in [7, 11) is 3.99. The summed E-state index contributed by atoms with van der Waals surface area (Å²) in [4.78, 5) is 14.3. The quantitative estimate of drug-likeness (QED) is 0.347. The maximum atomic E-state index is 13.0. The molecule has 0 aliphatic heterocycles. The number of aromatic nitrogens is 3. The number of alkyl halides is 3. The molecule has 3 aromatic rings. The van der Waals surface area contributed by atoms with E-state index in [0.29, 0.717) is 47.8 Å². The predicted molar refractivity (Wildman–Crippen MR) is 127 cm³/mol. The summed E-state index contributed by atoms with van der Waals surface area (Å²) >= 11 is 0.843. The first-order valence-electron chi connectivity index (χ1n) is 10.9. The Morgan fingerprint density at radius 1 is 1.24 bits per heavy atom. The zero-order chi connectivity index (χ0) is 24.7. The lowest BCUT2D eigenvalue weighted by atomic mass is 10.1. The van der Waals surface area contributed by atoms with Gasteiger partial charge in [0.15, 0.2) is 10.8 Å². The van der Waals surface area contributed by atoms with Gasteiger partial charge in [0.25, 0.3) is 0 Å². The lowest BCUT2D eigenvalue weighted by Crippen LogP contribution is -2.20. The molecular weight excluding hydrogens is 469 g/mol. The van der Waals surface area contributed by atoms with Crippen LogP contribution in [0, 0.1) is 0 Å². The molecule has 8 nitrogen and oxygen atoms in total. The Kier molecular flexibility index (Phi) is 8.86. The van der Waals surface area contributed by atoms with Crippen molar-refractivity contribution in [3.05, 3.63) is 29.5 Å². The summed E-state index contributed by atoms with van der Waals surface area (Å²) in [5, 5.41) is 4.44. The Morgan fingerprint density at radius 3 is 2.68 bits per heavy atom. The standard InChI is InChI=1S/C22H29F3N6O2S/c1-4-14(6-7-26)33-17-11-15(32-9-5-8-31(2)3)10-16-19(17)20(28-13-27-16)30-21-29-18(12-34-21)22(23,24)25/h10-14H,4-9,26H2,1-3H3,(H,27,28,29,30). The SMILES string of the molecule is CCC(CCN)Oc1cc(OCCCN(C)C)cc2ncnc(Nc3nc(C(F)(F)F)cs3)c12. The van der Waals surface area contributed by atoms with E-state index in [-0.39, 0.29) is 11.2 Å². The number of ether oxygens (including phenoxy) is 2. The summed E-state index contributed by atoms with van der Waals surface area (Å²) in [6.07, 6.45) is -1.13. The van der Waals surface area contributed by atoms with Gasteiger partial charge in [-0.25, -0.2) is 15.0 Å². The molecule has 186 valence electrons. The number of nitrogens with one attached hydrogen (secondary N) is 1. The highest BCUT2D eigenvalue weighted by Gasteiger charge is 2.34. The number of thiazole rings is 1. The van der Waals surface area contributed by atoms with Crippen molar-refractivity contribution < 1.29 is 22.6 Å². The van der Waals surface area contributed by atoms with Crippen LogP contribution in [0.25, 0.3) is 10.9 Å². The Balaban J connectivity index is 1.96. The van der Waals surface area contributed by atoms with Gasteiger partial charge in [0, 0.05) is 24.1 Å². The summed E-state index contributed by atoms with van der Waals surface area (Å²) < 4.78 is 51.1. The molecule has 1 atom stereocenters. The van der Waals surface area contributed by atoms with Crippen molar-refractivity contribution in [3.63, 3.8) is 0 Å². The first kappa shape index (κ1) is 25.9. The zero-order valence-electron chi connectivity index (χ0n) is 19.4. The number of halogens is 3. The van der Waals surface area contributed by atoms with Crippen LogP contribution < -0.4 is 20.5 Å². The zero-order valence-corrected chi connectivity index (χ0v) is 20.2. The van der Waals surface area contributed by atoms with Gasteiger partial charge in [0.1, 0.15) is 23.6 Å². The Morgan fingerprint density at radius 2 is 2.03 bits per heavy atom. The van der Waals surface area contributed by atoms with E-state index in [2.05, 4.69) is 25.2 Å². The summed E-state index contributed by atoms with van der Waals surface area (Å²) in [5.41, 5.74) is 5.31. The molecule has 0 aliphatic rings. The van der Waals surface area contributed by atoms with E-state index in [4.69, 9.17) is 15.2 Å².